The van der Waals surface area contributed by atoms with Gasteiger partial charge >= 0.3 is 0 Å². The van der Waals surface area contributed by atoms with Crippen LogP contribution in [0.15, 0.2) is 29.2 Å². The highest BCUT2D eigenvalue weighted by atomic mass is 32.2. The summed E-state index contributed by atoms with van der Waals surface area (Å²) < 4.78 is 32.5. The first-order valence-corrected chi connectivity index (χ1v) is 9.34. The molecule has 2 aliphatic rings. The fraction of sp³-hybridized carbons (Fsp3) is 0.500. The minimum Gasteiger partial charge on any atom is -0.373 e. The minimum atomic E-state index is -3.63. The second-order valence-electron chi connectivity index (χ2n) is 6.20. The molecule has 24 heavy (non-hydrogen) atoms. The summed E-state index contributed by atoms with van der Waals surface area (Å²) >= 11 is 0. The van der Waals surface area contributed by atoms with E-state index in [4.69, 9.17) is 4.74 Å². The second kappa shape index (κ2) is 6.27. The van der Waals surface area contributed by atoms with E-state index in [2.05, 4.69) is 0 Å². The van der Waals surface area contributed by atoms with Crippen LogP contribution in [0.1, 0.15) is 26.7 Å². The van der Waals surface area contributed by atoms with Gasteiger partial charge in [0.2, 0.25) is 21.8 Å². The molecule has 1 aromatic carbocycles. The number of hydrogen-bond donors (Lipinski definition) is 0. The van der Waals surface area contributed by atoms with Gasteiger partial charge in [-0.05, 0) is 38.1 Å². The molecule has 0 spiro atoms. The van der Waals surface area contributed by atoms with E-state index < -0.39 is 10.0 Å². The summed E-state index contributed by atoms with van der Waals surface area (Å²) in [6.45, 7) is 4.28. The van der Waals surface area contributed by atoms with Crippen LogP contribution in [0.2, 0.25) is 0 Å². The molecule has 7 nitrogen and oxygen atoms in total. The Balaban J connectivity index is 1.84. The molecule has 0 bridgehead atoms. The number of sulfonamides is 1. The molecule has 2 unspecified atom stereocenters. The van der Waals surface area contributed by atoms with Crippen LogP contribution in [-0.4, -0.2) is 49.8 Å². The molecule has 0 radical (unpaired) electrons. The molecule has 2 atom stereocenters. The monoisotopic (exact) mass is 352 g/mol. The van der Waals surface area contributed by atoms with Gasteiger partial charge in [0.1, 0.15) is 0 Å². The molecule has 0 saturated carbocycles. The predicted molar refractivity (Wildman–Crippen MR) is 86.9 cm³/mol. The summed E-state index contributed by atoms with van der Waals surface area (Å²) in [6, 6.07) is 5.88. The molecule has 130 valence electrons. The molecule has 2 amide bonds. The lowest BCUT2D eigenvalue weighted by Crippen LogP contribution is -2.48. The maximum absolute atomic E-state index is 12.8. The number of carbonyl (C=O) groups excluding carboxylic acids is 2. The third-order valence-electron chi connectivity index (χ3n) is 4.17. The van der Waals surface area contributed by atoms with Crippen molar-refractivity contribution in [2.45, 2.75) is 43.8 Å². The second-order valence-corrected chi connectivity index (χ2v) is 8.13. The average molecular weight is 352 g/mol. The van der Waals surface area contributed by atoms with Crippen LogP contribution in [0.4, 0.5) is 5.69 Å². The fourth-order valence-electron chi connectivity index (χ4n) is 3.11. The number of rotatable bonds is 3. The van der Waals surface area contributed by atoms with Crippen LogP contribution >= 0.6 is 0 Å². The molecule has 8 heteroatoms. The third kappa shape index (κ3) is 3.09. The van der Waals surface area contributed by atoms with Crippen LogP contribution < -0.4 is 4.90 Å². The van der Waals surface area contributed by atoms with Crippen molar-refractivity contribution in [3.63, 3.8) is 0 Å². The first-order valence-electron chi connectivity index (χ1n) is 7.90. The Labute approximate surface area is 141 Å². The first-order chi connectivity index (χ1) is 11.3. The van der Waals surface area contributed by atoms with Gasteiger partial charge in [0, 0.05) is 25.9 Å². The SMILES string of the molecule is CC1CN(S(=O)(=O)c2ccc(N3C(=O)CCC3=O)cc2)CC(C)O1. The van der Waals surface area contributed by atoms with E-state index in [0.29, 0.717) is 18.8 Å². The quantitative estimate of drug-likeness (QED) is 0.762. The van der Waals surface area contributed by atoms with Gasteiger partial charge in [0.25, 0.3) is 0 Å². The van der Waals surface area contributed by atoms with Gasteiger partial charge in [-0.25, -0.2) is 8.42 Å². The maximum atomic E-state index is 12.8. The van der Waals surface area contributed by atoms with Crippen LogP contribution in [0.25, 0.3) is 0 Å². The average Bonchev–Trinajstić information content (AvgIpc) is 2.85. The van der Waals surface area contributed by atoms with Crippen molar-refractivity contribution in [2.75, 3.05) is 18.0 Å². The van der Waals surface area contributed by atoms with E-state index in [1.54, 1.807) is 0 Å². The maximum Gasteiger partial charge on any atom is 0.243 e. The zero-order chi connectivity index (χ0) is 17.5. The van der Waals surface area contributed by atoms with Crippen molar-refractivity contribution in [1.82, 2.24) is 4.31 Å². The molecule has 0 aliphatic carbocycles. The number of carbonyl (C=O) groups is 2. The predicted octanol–water partition coefficient (Wildman–Crippen LogP) is 1.14. The molecule has 3 rings (SSSR count). The first kappa shape index (κ1) is 17.1. The summed E-state index contributed by atoms with van der Waals surface area (Å²) in [7, 11) is -3.63. The van der Waals surface area contributed by atoms with Crippen LogP contribution in [0.5, 0.6) is 0 Å². The number of morpholine rings is 1. The standard InChI is InChI=1S/C16H20N2O5S/c1-11-9-17(10-12(2)23-11)24(21,22)14-5-3-13(4-6-14)18-15(19)7-8-16(18)20/h3-6,11-12H,7-10H2,1-2H3. The Kier molecular flexibility index (Phi) is 4.46. The lowest BCUT2D eigenvalue weighted by molar-refractivity contribution is -0.121. The highest BCUT2D eigenvalue weighted by Gasteiger charge is 2.33. The smallest absolute Gasteiger partial charge is 0.243 e. The number of anilines is 1. The number of amides is 2. The van der Waals surface area contributed by atoms with E-state index in [9.17, 15) is 18.0 Å². The van der Waals surface area contributed by atoms with Crippen molar-refractivity contribution in [2.24, 2.45) is 0 Å². The molecule has 2 saturated heterocycles. The van der Waals surface area contributed by atoms with Crippen LogP contribution in [-0.2, 0) is 24.3 Å². The van der Waals surface area contributed by atoms with E-state index in [1.165, 1.54) is 28.6 Å². The van der Waals surface area contributed by atoms with Crippen LogP contribution in [0.3, 0.4) is 0 Å². The molecule has 2 heterocycles. The Morgan fingerprint density at radius 2 is 1.46 bits per heavy atom. The molecule has 0 N–H and O–H groups in total. The Bertz CT molecular complexity index is 733. The van der Waals surface area contributed by atoms with E-state index >= 15 is 0 Å². The summed E-state index contributed by atoms with van der Waals surface area (Å²) in [4.78, 5) is 24.8. The van der Waals surface area contributed by atoms with Gasteiger partial charge in [-0.2, -0.15) is 4.31 Å². The van der Waals surface area contributed by atoms with Gasteiger partial charge in [0.15, 0.2) is 0 Å². The van der Waals surface area contributed by atoms with Gasteiger partial charge in [0.05, 0.1) is 22.8 Å². The highest BCUT2D eigenvalue weighted by Crippen LogP contribution is 2.26. The van der Waals surface area contributed by atoms with Crippen molar-refractivity contribution in [3.05, 3.63) is 24.3 Å². The minimum absolute atomic E-state index is 0.145. The van der Waals surface area contributed by atoms with Gasteiger partial charge < -0.3 is 4.74 Å². The van der Waals surface area contributed by atoms with Crippen molar-refractivity contribution in [3.8, 4) is 0 Å². The van der Waals surface area contributed by atoms with E-state index in [-0.39, 0.29) is 41.8 Å². The number of hydrogen-bond acceptors (Lipinski definition) is 5. The van der Waals surface area contributed by atoms with Crippen LogP contribution in [0, 0.1) is 0 Å². The van der Waals surface area contributed by atoms with Gasteiger partial charge in [-0.3, -0.25) is 14.5 Å². The van der Waals surface area contributed by atoms with Gasteiger partial charge in [-0.1, -0.05) is 0 Å². The number of benzene rings is 1. The molecule has 1 aromatic rings. The Morgan fingerprint density at radius 1 is 0.958 bits per heavy atom. The number of nitrogens with zero attached hydrogens (tertiary/aromatic N) is 2. The van der Waals surface area contributed by atoms with Gasteiger partial charge in [-0.15, -0.1) is 0 Å². The lowest BCUT2D eigenvalue weighted by Gasteiger charge is -2.34. The molecular weight excluding hydrogens is 332 g/mol. The zero-order valence-electron chi connectivity index (χ0n) is 13.6. The largest absolute Gasteiger partial charge is 0.373 e. The summed E-state index contributed by atoms with van der Waals surface area (Å²) in [5, 5.41) is 0. The van der Waals surface area contributed by atoms with E-state index in [1.807, 2.05) is 13.8 Å². The normalized spacial score (nSPS) is 26.2. The van der Waals surface area contributed by atoms with Crippen molar-refractivity contribution >= 4 is 27.5 Å². The third-order valence-corrected chi connectivity index (χ3v) is 6.02. The summed E-state index contributed by atoms with van der Waals surface area (Å²) in [6.07, 6.45) is 0.0653. The molecular formula is C16H20N2O5S. The number of imide groups is 1. The summed E-state index contributed by atoms with van der Waals surface area (Å²) in [5.41, 5.74) is 0.408. The molecule has 2 fully saturated rings. The lowest BCUT2D eigenvalue weighted by atomic mass is 10.3. The topological polar surface area (TPSA) is 84.0 Å². The molecule has 2 aliphatic heterocycles. The Hall–Kier alpha value is -1.77. The summed E-state index contributed by atoms with van der Waals surface area (Å²) in [5.74, 6) is -0.516. The fourth-order valence-corrected chi connectivity index (χ4v) is 4.70. The highest BCUT2D eigenvalue weighted by molar-refractivity contribution is 7.89. The number of ether oxygens (including phenoxy) is 1. The van der Waals surface area contributed by atoms with E-state index in [0.717, 1.165) is 4.90 Å². The van der Waals surface area contributed by atoms with Crippen molar-refractivity contribution in [1.29, 1.82) is 0 Å². The van der Waals surface area contributed by atoms with Crippen molar-refractivity contribution < 1.29 is 22.7 Å². The Morgan fingerprint density at radius 3 is 1.96 bits per heavy atom. The molecule has 0 aromatic heterocycles. The zero-order valence-corrected chi connectivity index (χ0v) is 14.5.